The van der Waals surface area contributed by atoms with Gasteiger partial charge in [-0.25, -0.2) is 15.0 Å². The quantitative estimate of drug-likeness (QED) is 0.618. The highest BCUT2D eigenvalue weighted by molar-refractivity contribution is 6.29. The third-order valence-electron chi connectivity index (χ3n) is 0.899. The first kappa shape index (κ1) is 6.95. The molecule has 0 aliphatic rings. The van der Waals surface area contributed by atoms with Crippen LogP contribution in [0.5, 0.6) is 0 Å². The van der Waals surface area contributed by atoms with E-state index in [1.54, 1.807) is 0 Å². The Bertz CT molecular complexity index is 260. The van der Waals surface area contributed by atoms with Gasteiger partial charge in [-0.2, -0.15) is 0 Å². The predicted octanol–water partition coefficient (Wildman–Crippen LogP) is 1.04. The summed E-state index contributed by atoms with van der Waals surface area (Å²) in [5.74, 6) is 0.506. The maximum Gasteiger partial charge on any atom is 0.194 e. The van der Waals surface area contributed by atoms with Crippen molar-refractivity contribution in [3.63, 3.8) is 0 Å². The lowest BCUT2D eigenvalue weighted by Gasteiger charge is -1.95. The van der Waals surface area contributed by atoms with Gasteiger partial charge in [0.1, 0.15) is 5.15 Å². The molecule has 10 heavy (non-hydrogen) atoms. The second-order valence-electron chi connectivity index (χ2n) is 1.56. The highest BCUT2D eigenvalue weighted by Crippen LogP contribution is 2.16. The third-order valence-corrected chi connectivity index (χ3v) is 1.08. The van der Waals surface area contributed by atoms with E-state index in [0.29, 0.717) is 5.82 Å². The number of nitrogens with zero attached hydrogens (tertiary/aromatic N) is 3. The zero-order valence-corrected chi connectivity index (χ0v) is 5.84. The van der Waals surface area contributed by atoms with Crippen molar-refractivity contribution in [2.75, 3.05) is 5.73 Å². The Morgan fingerprint density at radius 1 is 1.70 bits per heavy atom. The summed E-state index contributed by atoms with van der Waals surface area (Å²) in [6.45, 7) is 3.25. The average Bonchev–Trinajstić information content (AvgIpc) is 1.88. The van der Waals surface area contributed by atoms with Crippen molar-refractivity contribution in [2.45, 2.75) is 0 Å². The van der Waals surface area contributed by atoms with E-state index in [0.717, 1.165) is 0 Å². The highest BCUT2D eigenvalue weighted by atomic mass is 35.5. The Labute approximate surface area is 62.8 Å². The largest absolute Gasteiger partial charge is 0.381 e. The van der Waals surface area contributed by atoms with Gasteiger partial charge in [0.05, 0.1) is 6.20 Å². The lowest BCUT2D eigenvalue weighted by molar-refractivity contribution is 1.19. The molecule has 1 heterocycles. The van der Waals surface area contributed by atoms with E-state index in [-0.39, 0.29) is 11.0 Å². The number of nitrogen functional groups attached to an aromatic ring is 1. The fourth-order valence-corrected chi connectivity index (χ4v) is 0.636. The minimum Gasteiger partial charge on any atom is -0.381 e. The summed E-state index contributed by atoms with van der Waals surface area (Å²) >= 11 is 5.46. The number of aromatic nitrogens is 2. The minimum atomic E-state index is 0.197. The molecule has 1 aromatic rings. The summed E-state index contributed by atoms with van der Waals surface area (Å²) in [6.07, 6.45) is 1.36. The lowest BCUT2D eigenvalue weighted by atomic mass is 10.6. The lowest BCUT2D eigenvalue weighted by Crippen LogP contribution is -1.92. The summed E-state index contributed by atoms with van der Waals surface area (Å²) in [5.41, 5.74) is 5.34. The Balaban J connectivity index is 3.19. The van der Waals surface area contributed by atoms with Crippen LogP contribution >= 0.6 is 11.6 Å². The highest BCUT2D eigenvalue weighted by Gasteiger charge is 1.98. The van der Waals surface area contributed by atoms with Gasteiger partial charge in [0.15, 0.2) is 11.6 Å². The number of aliphatic imine (C=N–C) groups is 1. The average molecular weight is 157 g/mol. The van der Waals surface area contributed by atoms with Gasteiger partial charge in [0, 0.05) is 0 Å². The van der Waals surface area contributed by atoms with Crippen molar-refractivity contribution in [3.05, 3.63) is 11.3 Å². The van der Waals surface area contributed by atoms with Crippen molar-refractivity contribution in [2.24, 2.45) is 4.99 Å². The molecule has 0 amide bonds. The normalized spacial score (nSPS) is 9.30. The summed E-state index contributed by atoms with van der Waals surface area (Å²) in [4.78, 5) is 10.9. The predicted molar refractivity (Wildman–Crippen MR) is 40.7 cm³/mol. The minimum absolute atomic E-state index is 0.197. The van der Waals surface area contributed by atoms with E-state index in [1.807, 2.05) is 0 Å². The van der Waals surface area contributed by atoms with Crippen molar-refractivity contribution >= 4 is 30.0 Å². The maximum atomic E-state index is 5.46. The molecule has 0 bridgehead atoms. The van der Waals surface area contributed by atoms with E-state index in [2.05, 4.69) is 21.7 Å². The molecule has 0 atom stereocenters. The van der Waals surface area contributed by atoms with Gasteiger partial charge in [-0.3, -0.25) is 0 Å². The van der Waals surface area contributed by atoms with Crippen LogP contribution in [0.4, 0.5) is 11.6 Å². The smallest absolute Gasteiger partial charge is 0.194 e. The molecular weight excluding hydrogens is 152 g/mol. The number of nitrogens with two attached hydrogens (primary N) is 1. The number of hydrogen-bond acceptors (Lipinski definition) is 4. The molecule has 0 saturated heterocycles. The second kappa shape index (κ2) is 2.62. The van der Waals surface area contributed by atoms with Gasteiger partial charge in [-0.15, -0.1) is 0 Å². The monoisotopic (exact) mass is 156 g/mol. The van der Waals surface area contributed by atoms with Crippen LogP contribution < -0.4 is 5.73 Å². The van der Waals surface area contributed by atoms with Gasteiger partial charge >= 0.3 is 0 Å². The Morgan fingerprint density at radius 2 is 2.40 bits per heavy atom. The number of rotatable bonds is 1. The number of anilines is 1. The number of hydrogen-bond donors (Lipinski definition) is 1. The molecule has 0 fully saturated rings. The van der Waals surface area contributed by atoms with Gasteiger partial charge in [-0.05, 0) is 6.72 Å². The van der Waals surface area contributed by atoms with Gasteiger partial charge in [0.25, 0.3) is 0 Å². The van der Waals surface area contributed by atoms with E-state index in [1.165, 1.54) is 6.20 Å². The van der Waals surface area contributed by atoms with Crippen LogP contribution in [0.15, 0.2) is 11.2 Å². The van der Waals surface area contributed by atoms with Crippen LogP contribution in [0.2, 0.25) is 5.15 Å². The first-order valence-electron chi connectivity index (χ1n) is 2.49. The molecule has 52 valence electrons. The molecule has 4 nitrogen and oxygen atoms in total. The molecule has 0 aliphatic carbocycles. The van der Waals surface area contributed by atoms with E-state index in [4.69, 9.17) is 17.3 Å². The number of halogens is 1. The molecule has 0 spiro atoms. The van der Waals surface area contributed by atoms with Crippen LogP contribution in [0.3, 0.4) is 0 Å². The molecule has 0 saturated carbocycles. The van der Waals surface area contributed by atoms with E-state index in [9.17, 15) is 0 Å². The van der Waals surface area contributed by atoms with Gasteiger partial charge in [-0.1, -0.05) is 11.6 Å². The summed E-state index contributed by atoms with van der Waals surface area (Å²) in [6, 6.07) is 0. The fourth-order valence-electron chi connectivity index (χ4n) is 0.496. The standard InChI is InChI=1S/C5H5ClN4/c1-8-5-4(7)10-3(6)2-9-5/h2H,1H2,(H2,7,10). The van der Waals surface area contributed by atoms with Crippen molar-refractivity contribution in [3.8, 4) is 0 Å². The summed E-state index contributed by atoms with van der Waals surface area (Å²) in [5, 5.41) is 0.255. The molecule has 5 heteroatoms. The zero-order valence-electron chi connectivity index (χ0n) is 5.08. The fraction of sp³-hybridized carbons (Fsp3) is 0. The molecule has 0 radical (unpaired) electrons. The van der Waals surface area contributed by atoms with Gasteiger partial charge < -0.3 is 5.73 Å². The summed E-state index contributed by atoms with van der Waals surface area (Å²) < 4.78 is 0. The third kappa shape index (κ3) is 1.22. The molecule has 1 rings (SSSR count). The topological polar surface area (TPSA) is 64.2 Å². The van der Waals surface area contributed by atoms with Gasteiger partial charge in [0.2, 0.25) is 0 Å². The summed E-state index contributed by atoms with van der Waals surface area (Å²) in [7, 11) is 0. The Kier molecular flexibility index (Phi) is 1.82. The zero-order chi connectivity index (χ0) is 7.56. The second-order valence-corrected chi connectivity index (χ2v) is 1.95. The van der Waals surface area contributed by atoms with Crippen LogP contribution in [-0.4, -0.2) is 16.7 Å². The molecular formula is C5H5ClN4. The van der Waals surface area contributed by atoms with Crippen molar-refractivity contribution in [1.29, 1.82) is 0 Å². The Morgan fingerprint density at radius 3 is 2.90 bits per heavy atom. The van der Waals surface area contributed by atoms with Crippen LogP contribution in [-0.2, 0) is 0 Å². The van der Waals surface area contributed by atoms with Crippen molar-refractivity contribution < 1.29 is 0 Å². The molecule has 0 aromatic carbocycles. The first-order valence-corrected chi connectivity index (χ1v) is 2.86. The molecule has 0 unspecified atom stereocenters. The van der Waals surface area contributed by atoms with Crippen molar-refractivity contribution in [1.82, 2.24) is 9.97 Å². The maximum absolute atomic E-state index is 5.46. The van der Waals surface area contributed by atoms with Crippen LogP contribution in [0.25, 0.3) is 0 Å². The first-order chi connectivity index (χ1) is 4.74. The van der Waals surface area contributed by atoms with E-state index < -0.39 is 0 Å². The SMILES string of the molecule is C=Nc1ncc(Cl)nc1N. The van der Waals surface area contributed by atoms with Crippen LogP contribution in [0.1, 0.15) is 0 Å². The van der Waals surface area contributed by atoms with E-state index >= 15 is 0 Å². The molecule has 0 aliphatic heterocycles. The van der Waals surface area contributed by atoms with Crippen LogP contribution in [0, 0.1) is 0 Å². The molecule has 1 aromatic heterocycles. The molecule has 2 N–H and O–H groups in total. The Hall–Kier alpha value is -1.16.